The average Bonchev–Trinajstić information content (AvgIpc) is 2.95. The molecule has 0 fully saturated rings. The normalized spacial score (nSPS) is 11.6. The van der Waals surface area contributed by atoms with Gasteiger partial charge in [-0.05, 0) is 50.6 Å². The molecule has 1 N–H and O–H groups in total. The summed E-state index contributed by atoms with van der Waals surface area (Å²) in [4.78, 5) is 4.64. The monoisotopic (exact) mass is 370 g/mol. The summed E-state index contributed by atoms with van der Waals surface area (Å²) in [6.07, 6.45) is 6.35. The van der Waals surface area contributed by atoms with Crippen molar-refractivity contribution < 1.29 is 0 Å². The van der Waals surface area contributed by atoms with Gasteiger partial charge in [-0.25, -0.2) is 4.98 Å². The first-order chi connectivity index (χ1) is 12.1. The minimum absolute atomic E-state index is 0.771. The van der Waals surface area contributed by atoms with Crippen LogP contribution in [0.25, 0.3) is 10.2 Å². The molecule has 4 heteroatoms. The van der Waals surface area contributed by atoms with E-state index < -0.39 is 0 Å². The molecule has 25 heavy (non-hydrogen) atoms. The van der Waals surface area contributed by atoms with Crippen LogP contribution >= 0.6 is 22.9 Å². The van der Waals surface area contributed by atoms with E-state index in [9.17, 15) is 0 Å². The van der Waals surface area contributed by atoms with Gasteiger partial charge in [0, 0.05) is 18.0 Å². The lowest BCUT2D eigenvalue weighted by Gasteiger charge is -2.06. The van der Waals surface area contributed by atoms with Crippen molar-refractivity contribution in [2.24, 2.45) is 0 Å². The van der Waals surface area contributed by atoms with Gasteiger partial charge in [0.2, 0.25) is 0 Å². The number of thiazole rings is 1. The van der Waals surface area contributed by atoms with E-state index in [1.165, 1.54) is 16.7 Å². The first-order valence-corrected chi connectivity index (χ1v) is 9.77. The predicted molar refractivity (Wildman–Crippen MR) is 110 cm³/mol. The van der Waals surface area contributed by atoms with Crippen molar-refractivity contribution in [1.29, 1.82) is 0 Å². The highest BCUT2D eigenvalue weighted by molar-refractivity contribution is 7.18. The van der Waals surface area contributed by atoms with Gasteiger partial charge in [0.25, 0.3) is 0 Å². The molecule has 0 atom stereocenters. The highest BCUT2D eigenvalue weighted by atomic mass is 35.5. The van der Waals surface area contributed by atoms with Crippen LogP contribution in [-0.2, 0) is 13.0 Å². The third kappa shape index (κ3) is 5.40. The lowest BCUT2D eigenvalue weighted by Crippen LogP contribution is -2.14. The Kier molecular flexibility index (Phi) is 6.24. The van der Waals surface area contributed by atoms with Crippen molar-refractivity contribution in [3.63, 3.8) is 0 Å². The van der Waals surface area contributed by atoms with Crippen molar-refractivity contribution in [1.82, 2.24) is 10.3 Å². The largest absolute Gasteiger partial charge is 0.312 e. The summed E-state index contributed by atoms with van der Waals surface area (Å²) in [7, 11) is 0. The number of aromatic nitrogens is 1. The SMILES string of the molecule is Cc1cc(C)cc(CNCC/C=C/Cc2nc3ccc(Cl)cc3s2)c1. The number of allylic oxidation sites excluding steroid dienone is 1. The van der Waals surface area contributed by atoms with Gasteiger partial charge in [-0.1, -0.05) is 53.1 Å². The summed E-state index contributed by atoms with van der Waals surface area (Å²) in [5, 5.41) is 5.41. The molecule has 1 aromatic heterocycles. The van der Waals surface area contributed by atoms with Crippen LogP contribution in [0.4, 0.5) is 0 Å². The summed E-state index contributed by atoms with van der Waals surface area (Å²) in [6.45, 7) is 6.21. The Morgan fingerprint density at radius 1 is 1.08 bits per heavy atom. The molecule has 130 valence electrons. The lowest BCUT2D eigenvalue weighted by molar-refractivity contribution is 0.694. The zero-order valence-corrected chi connectivity index (χ0v) is 16.3. The molecule has 0 spiro atoms. The number of nitrogens with one attached hydrogen (secondary N) is 1. The second-order valence-electron chi connectivity index (χ2n) is 6.36. The van der Waals surface area contributed by atoms with Crippen LogP contribution in [-0.4, -0.2) is 11.5 Å². The molecular formula is C21H23ClN2S. The van der Waals surface area contributed by atoms with Crippen LogP contribution in [0.2, 0.25) is 5.02 Å². The van der Waals surface area contributed by atoms with Gasteiger partial charge in [0.1, 0.15) is 0 Å². The van der Waals surface area contributed by atoms with Crippen molar-refractivity contribution >= 4 is 33.2 Å². The van der Waals surface area contributed by atoms with Crippen molar-refractivity contribution in [3.05, 3.63) is 75.3 Å². The number of benzene rings is 2. The molecule has 0 radical (unpaired) electrons. The molecule has 2 aromatic carbocycles. The first kappa shape index (κ1) is 18.1. The molecule has 0 saturated heterocycles. The molecule has 2 nitrogen and oxygen atoms in total. The Labute approximate surface area is 158 Å². The molecule has 0 saturated carbocycles. The quantitative estimate of drug-likeness (QED) is 0.417. The Balaban J connectivity index is 1.41. The Morgan fingerprint density at radius 3 is 2.68 bits per heavy atom. The fourth-order valence-electron chi connectivity index (χ4n) is 2.92. The Morgan fingerprint density at radius 2 is 1.88 bits per heavy atom. The molecule has 0 aliphatic carbocycles. The van der Waals surface area contributed by atoms with E-state index >= 15 is 0 Å². The van der Waals surface area contributed by atoms with Gasteiger partial charge in [-0.3, -0.25) is 0 Å². The molecule has 0 amide bonds. The number of rotatable bonds is 7. The third-order valence-corrected chi connectivity index (χ3v) is 5.23. The molecule has 0 unspecified atom stereocenters. The van der Waals surface area contributed by atoms with Gasteiger partial charge in [-0.15, -0.1) is 11.3 Å². The average molecular weight is 371 g/mol. The number of hydrogen-bond acceptors (Lipinski definition) is 3. The van der Waals surface area contributed by atoms with E-state index in [1.54, 1.807) is 11.3 Å². The second-order valence-corrected chi connectivity index (χ2v) is 7.91. The van der Waals surface area contributed by atoms with Gasteiger partial charge < -0.3 is 5.32 Å². The number of halogens is 1. The number of aryl methyl sites for hydroxylation is 2. The van der Waals surface area contributed by atoms with Crippen molar-refractivity contribution in [2.75, 3.05) is 6.54 Å². The fourth-order valence-corrected chi connectivity index (χ4v) is 4.14. The predicted octanol–water partition coefficient (Wildman–Crippen LogP) is 5.85. The summed E-state index contributed by atoms with van der Waals surface area (Å²) in [6, 6.07) is 12.6. The van der Waals surface area contributed by atoms with E-state index in [4.69, 9.17) is 11.6 Å². The summed E-state index contributed by atoms with van der Waals surface area (Å²) >= 11 is 7.74. The van der Waals surface area contributed by atoms with Gasteiger partial charge in [-0.2, -0.15) is 0 Å². The zero-order valence-electron chi connectivity index (χ0n) is 14.7. The van der Waals surface area contributed by atoms with E-state index in [1.807, 2.05) is 18.2 Å². The molecule has 3 rings (SSSR count). The number of hydrogen-bond donors (Lipinski definition) is 1. The van der Waals surface area contributed by atoms with Gasteiger partial charge in [0.05, 0.1) is 15.2 Å². The van der Waals surface area contributed by atoms with E-state index in [2.05, 4.69) is 54.5 Å². The van der Waals surface area contributed by atoms with Crippen LogP contribution in [0.1, 0.15) is 28.1 Å². The minimum Gasteiger partial charge on any atom is -0.312 e. The van der Waals surface area contributed by atoms with Gasteiger partial charge in [0.15, 0.2) is 0 Å². The summed E-state index contributed by atoms with van der Waals surface area (Å²) in [5.74, 6) is 0. The maximum Gasteiger partial charge on any atom is 0.0976 e. The zero-order chi connectivity index (χ0) is 17.6. The third-order valence-electron chi connectivity index (χ3n) is 3.95. The topological polar surface area (TPSA) is 24.9 Å². The molecule has 0 bridgehead atoms. The van der Waals surface area contributed by atoms with Crippen LogP contribution in [0.3, 0.4) is 0 Å². The second kappa shape index (κ2) is 8.61. The minimum atomic E-state index is 0.771. The maximum absolute atomic E-state index is 6.02. The molecule has 0 aliphatic heterocycles. The highest BCUT2D eigenvalue weighted by Gasteiger charge is 2.02. The maximum atomic E-state index is 6.02. The van der Waals surface area contributed by atoms with Crippen LogP contribution in [0, 0.1) is 13.8 Å². The number of fused-ring (bicyclic) bond motifs is 1. The smallest absolute Gasteiger partial charge is 0.0976 e. The first-order valence-electron chi connectivity index (χ1n) is 8.58. The fraction of sp³-hybridized carbons (Fsp3) is 0.286. The molecule has 1 heterocycles. The van der Waals surface area contributed by atoms with Crippen LogP contribution in [0.15, 0.2) is 48.6 Å². The standard InChI is InChI=1S/C21H23ClN2S/c1-15-10-16(2)12-17(11-15)14-23-9-5-3-4-6-21-24-19-8-7-18(22)13-20(19)25-21/h3-4,7-8,10-13,23H,5-6,9,14H2,1-2H3/b4-3+. The van der Waals surface area contributed by atoms with E-state index in [0.29, 0.717) is 0 Å². The molecule has 3 aromatic rings. The Bertz CT molecular complexity index is 862. The van der Waals surface area contributed by atoms with Crippen molar-refractivity contribution in [2.45, 2.75) is 33.2 Å². The molecule has 0 aliphatic rings. The van der Waals surface area contributed by atoms with Crippen molar-refractivity contribution in [3.8, 4) is 0 Å². The number of nitrogens with zero attached hydrogens (tertiary/aromatic N) is 1. The summed E-state index contributed by atoms with van der Waals surface area (Å²) < 4.78 is 1.16. The van der Waals surface area contributed by atoms with Crippen LogP contribution < -0.4 is 5.32 Å². The lowest BCUT2D eigenvalue weighted by atomic mass is 10.1. The van der Waals surface area contributed by atoms with Gasteiger partial charge >= 0.3 is 0 Å². The van der Waals surface area contributed by atoms with E-state index in [0.717, 1.165) is 46.2 Å². The highest BCUT2D eigenvalue weighted by Crippen LogP contribution is 2.25. The van der Waals surface area contributed by atoms with Crippen LogP contribution in [0.5, 0.6) is 0 Å². The Hall–Kier alpha value is -1.68. The summed E-state index contributed by atoms with van der Waals surface area (Å²) in [5.41, 5.74) is 5.05. The molecular weight excluding hydrogens is 348 g/mol. The van der Waals surface area contributed by atoms with E-state index in [-0.39, 0.29) is 0 Å².